The van der Waals surface area contributed by atoms with Gasteiger partial charge in [0.15, 0.2) is 0 Å². The van der Waals surface area contributed by atoms with Gasteiger partial charge < -0.3 is 14.9 Å². The van der Waals surface area contributed by atoms with Crippen LogP contribution in [0.4, 0.5) is 4.79 Å². The first kappa shape index (κ1) is 16.5. The number of nitrogens with zero attached hydrogens (tertiary/aromatic N) is 2. The van der Waals surface area contributed by atoms with Crippen LogP contribution in [0.5, 0.6) is 0 Å². The Bertz CT molecular complexity index is 400. The average molecular weight is 314 g/mol. The van der Waals surface area contributed by atoms with E-state index in [-0.39, 0.29) is 23.2 Å². The number of hydrogen-bond acceptors (Lipinski definition) is 3. The Labute approximate surface area is 131 Å². The van der Waals surface area contributed by atoms with Crippen molar-refractivity contribution in [2.45, 2.75) is 56.7 Å². The smallest absolute Gasteiger partial charge is 0.320 e. The lowest BCUT2D eigenvalue weighted by atomic mass is 10.00. The van der Waals surface area contributed by atoms with E-state index in [9.17, 15) is 9.59 Å². The SMILES string of the molecule is CC1(C)CCN(C(=O)N2CCCCC2CC(=O)O)CCS1. The van der Waals surface area contributed by atoms with Crippen LogP contribution in [0, 0.1) is 0 Å². The van der Waals surface area contributed by atoms with E-state index in [0.717, 1.165) is 44.5 Å². The molecule has 0 aromatic carbocycles. The van der Waals surface area contributed by atoms with E-state index in [1.165, 1.54) is 0 Å². The Morgan fingerprint density at radius 1 is 1.24 bits per heavy atom. The molecular weight excluding hydrogens is 288 g/mol. The number of aliphatic carboxylic acids is 1. The van der Waals surface area contributed by atoms with Gasteiger partial charge in [0.25, 0.3) is 0 Å². The van der Waals surface area contributed by atoms with E-state index in [1.54, 1.807) is 4.90 Å². The van der Waals surface area contributed by atoms with Crippen molar-refractivity contribution in [3.05, 3.63) is 0 Å². The Hall–Kier alpha value is -0.910. The summed E-state index contributed by atoms with van der Waals surface area (Å²) in [6.07, 6.45) is 3.87. The van der Waals surface area contributed by atoms with Gasteiger partial charge in [0.1, 0.15) is 0 Å². The highest BCUT2D eigenvalue weighted by atomic mass is 32.2. The van der Waals surface area contributed by atoms with Gasteiger partial charge in [-0.15, -0.1) is 0 Å². The number of thioether (sulfide) groups is 1. The summed E-state index contributed by atoms with van der Waals surface area (Å²) in [6.45, 7) is 6.68. The topological polar surface area (TPSA) is 60.9 Å². The second-order valence-electron chi connectivity index (χ2n) is 6.57. The van der Waals surface area contributed by atoms with Crippen molar-refractivity contribution >= 4 is 23.8 Å². The summed E-state index contributed by atoms with van der Waals surface area (Å²) in [7, 11) is 0. The molecule has 0 aromatic heterocycles. The third-order valence-electron chi connectivity index (χ3n) is 4.39. The first-order valence-corrected chi connectivity index (χ1v) is 8.79. The minimum Gasteiger partial charge on any atom is -0.481 e. The molecule has 21 heavy (non-hydrogen) atoms. The van der Waals surface area contributed by atoms with Gasteiger partial charge in [0.05, 0.1) is 6.42 Å². The van der Waals surface area contributed by atoms with Gasteiger partial charge in [-0.1, -0.05) is 13.8 Å². The number of amides is 2. The minimum atomic E-state index is -0.813. The molecule has 0 spiro atoms. The molecule has 2 heterocycles. The molecule has 2 fully saturated rings. The molecule has 1 atom stereocenters. The summed E-state index contributed by atoms with van der Waals surface area (Å²) >= 11 is 1.91. The summed E-state index contributed by atoms with van der Waals surface area (Å²) in [6, 6.07) is -0.0908. The lowest BCUT2D eigenvalue weighted by Gasteiger charge is -2.38. The third kappa shape index (κ3) is 4.53. The van der Waals surface area contributed by atoms with Gasteiger partial charge in [-0.2, -0.15) is 11.8 Å². The van der Waals surface area contributed by atoms with Crippen molar-refractivity contribution in [2.24, 2.45) is 0 Å². The predicted molar refractivity (Wildman–Crippen MR) is 84.7 cm³/mol. The number of carboxylic acid groups (broad SMARTS) is 1. The maximum atomic E-state index is 12.8. The Morgan fingerprint density at radius 3 is 2.71 bits per heavy atom. The first-order valence-electron chi connectivity index (χ1n) is 7.80. The molecule has 0 aromatic rings. The van der Waals surface area contributed by atoms with E-state index in [4.69, 9.17) is 5.11 Å². The Morgan fingerprint density at radius 2 is 2.00 bits per heavy atom. The van der Waals surface area contributed by atoms with Crippen LogP contribution in [0.25, 0.3) is 0 Å². The molecule has 2 aliphatic heterocycles. The zero-order valence-corrected chi connectivity index (χ0v) is 13.8. The number of carbonyl (C=O) groups excluding carboxylic acids is 1. The Kier molecular flexibility index (Phi) is 5.41. The van der Waals surface area contributed by atoms with Crippen LogP contribution in [0.2, 0.25) is 0 Å². The van der Waals surface area contributed by atoms with Gasteiger partial charge in [0, 0.05) is 36.2 Å². The molecule has 0 aliphatic carbocycles. The van der Waals surface area contributed by atoms with Crippen LogP contribution in [-0.4, -0.2) is 63.1 Å². The molecule has 2 saturated heterocycles. The van der Waals surface area contributed by atoms with Crippen LogP contribution < -0.4 is 0 Å². The highest BCUT2D eigenvalue weighted by Gasteiger charge is 2.33. The molecular formula is C15H26N2O3S. The van der Waals surface area contributed by atoms with Crippen molar-refractivity contribution in [1.82, 2.24) is 9.80 Å². The van der Waals surface area contributed by atoms with E-state index in [1.807, 2.05) is 16.7 Å². The summed E-state index contributed by atoms with van der Waals surface area (Å²) in [4.78, 5) is 27.5. The summed E-state index contributed by atoms with van der Waals surface area (Å²) < 4.78 is 0.220. The second kappa shape index (κ2) is 6.90. The monoisotopic (exact) mass is 314 g/mol. The van der Waals surface area contributed by atoms with E-state index in [2.05, 4.69) is 13.8 Å². The van der Waals surface area contributed by atoms with Crippen LogP contribution in [0.15, 0.2) is 0 Å². The molecule has 6 heteroatoms. The fourth-order valence-electron chi connectivity index (χ4n) is 3.06. The van der Waals surface area contributed by atoms with Gasteiger partial charge in [-0.05, 0) is 25.7 Å². The summed E-state index contributed by atoms with van der Waals surface area (Å²) in [5, 5.41) is 9.03. The quantitative estimate of drug-likeness (QED) is 0.851. The fraction of sp³-hybridized carbons (Fsp3) is 0.867. The molecule has 5 nitrogen and oxygen atoms in total. The molecule has 1 unspecified atom stereocenters. The number of carbonyl (C=O) groups is 2. The zero-order valence-electron chi connectivity index (χ0n) is 13.0. The summed E-state index contributed by atoms with van der Waals surface area (Å²) in [5.74, 6) is 0.142. The molecule has 0 saturated carbocycles. The van der Waals surface area contributed by atoms with Gasteiger partial charge in [0.2, 0.25) is 0 Å². The van der Waals surface area contributed by atoms with Gasteiger partial charge in [-0.3, -0.25) is 4.79 Å². The molecule has 0 bridgehead atoms. The number of piperidine rings is 1. The third-order valence-corrected chi connectivity index (χ3v) is 5.76. The maximum Gasteiger partial charge on any atom is 0.320 e. The van der Waals surface area contributed by atoms with Crippen molar-refractivity contribution < 1.29 is 14.7 Å². The van der Waals surface area contributed by atoms with Crippen molar-refractivity contribution in [3.63, 3.8) is 0 Å². The number of hydrogen-bond donors (Lipinski definition) is 1. The first-order chi connectivity index (χ1) is 9.89. The number of urea groups is 1. The van der Waals surface area contributed by atoms with Crippen LogP contribution >= 0.6 is 11.8 Å². The lowest BCUT2D eigenvalue weighted by Crippen LogP contribution is -2.51. The van der Waals surface area contributed by atoms with E-state index >= 15 is 0 Å². The van der Waals surface area contributed by atoms with E-state index < -0.39 is 5.97 Å². The molecule has 2 rings (SSSR count). The van der Waals surface area contributed by atoms with Crippen molar-refractivity contribution in [2.75, 3.05) is 25.4 Å². The highest BCUT2D eigenvalue weighted by Crippen LogP contribution is 2.31. The van der Waals surface area contributed by atoms with Crippen molar-refractivity contribution in [1.29, 1.82) is 0 Å². The Balaban J connectivity index is 2.01. The average Bonchev–Trinajstić information content (AvgIpc) is 2.59. The maximum absolute atomic E-state index is 12.8. The zero-order chi connectivity index (χ0) is 15.5. The standard InChI is InChI=1S/C15H26N2O3S/c1-15(2)6-8-16(9-10-21-15)14(20)17-7-4-3-5-12(17)11-13(18)19/h12H,3-11H2,1-2H3,(H,18,19). The number of likely N-dealkylation sites (tertiary alicyclic amines) is 1. The van der Waals surface area contributed by atoms with E-state index in [0.29, 0.717) is 6.54 Å². The van der Waals surface area contributed by atoms with Gasteiger partial charge >= 0.3 is 12.0 Å². The fourth-order valence-corrected chi connectivity index (χ4v) is 4.16. The van der Waals surface area contributed by atoms with Crippen molar-refractivity contribution in [3.8, 4) is 0 Å². The molecule has 120 valence electrons. The molecule has 0 radical (unpaired) electrons. The molecule has 2 aliphatic rings. The largest absolute Gasteiger partial charge is 0.481 e. The lowest BCUT2D eigenvalue weighted by molar-refractivity contribution is -0.138. The number of carboxylic acids is 1. The predicted octanol–water partition coefficient (Wildman–Crippen LogP) is 2.65. The normalized spacial score (nSPS) is 26.3. The number of rotatable bonds is 2. The van der Waals surface area contributed by atoms with Gasteiger partial charge in [-0.25, -0.2) is 4.79 Å². The second-order valence-corrected chi connectivity index (χ2v) is 8.37. The van der Waals surface area contributed by atoms with Crippen LogP contribution in [0.3, 0.4) is 0 Å². The summed E-state index contributed by atoms with van der Waals surface area (Å²) in [5.41, 5.74) is 0. The molecule has 1 N–H and O–H groups in total. The van der Waals surface area contributed by atoms with Crippen LogP contribution in [0.1, 0.15) is 46.0 Å². The highest BCUT2D eigenvalue weighted by molar-refractivity contribution is 8.00. The minimum absolute atomic E-state index is 0.0410. The molecule has 2 amide bonds. The van der Waals surface area contributed by atoms with Crippen LogP contribution in [-0.2, 0) is 4.79 Å².